The zero-order valence-electron chi connectivity index (χ0n) is 17.7. The zero-order valence-corrected chi connectivity index (χ0v) is 17.7. The van der Waals surface area contributed by atoms with Crippen LogP contribution in [0, 0.1) is 0 Å². The van der Waals surface area contributed by atoms with Gasteiger partial charge in [-0.05, 0) is 31.0 Å². The van der Waals surface area contributed by atoms with Gasteiger partial charge in [0.2, 0.25) is 5.91 Å². The van der Waals surface area contributed by atoms with Gasteiger partial charge < -0.3 is 14.5 Å². The van der Waals surface area contributed by atoms with E-state index in [1.807, 2.05) is 12.1 Å². The Bertz CT molecular complexity index is 792. The van der Waals surface area contributed by atoms with Crippen molar-refractivity contribution in [3.8, 4) is 0 Å². The molecular weight excluding hydrogens is 380 g/mol. The van der Waals surface area contributed by atoms with Gasteiger partial charge in [-0.1, -0.05) is 12.8 Å². The molecular formula is C23H32N4O3. The van der Waals surface area contributed by atoms with Crippen LogP contribution in [0.15, 0.2) is 18.2 Å². The van der Waals surface area contributed by atoms with Crippen LogP contribution in [0.4, 0.5) is 5.69 Å². The van der Waals surface area contributed by atoms with Gasteiger partial charge in [0.25, 0.3) is 0 Å². The van der Waals surface area contributed by atoms with Crippen molar-refractivity contribution in [1.82, 2.24) is 14.7 Å². The number of anilines is 1. The number of piperazine rings is 2. The molecule has 0 spiro atoms. The van der Waals surface area contributed by atoms with E-state index >= 15 is 0 Å². The van der Waals surface area contributed by atoms with Crippen molar-refractivity contribution < 1.29 is 14.3 Å². The average molecular weight is 413 g/mol. The van der Waals surface area contributed by atoms with Gasteiger partial charge in [0.05, 0.1) is 12.1 Å². The molecule has 7 heteroatoms. The summed E-state index contributed by atoms with van der Waals surface area (Å²) >= 11 is 0. The summed E-state index contributed by atoms with van der Waals surface area (Å²) in [5, 5.41) is 0. The normalized spacial score (nSPS) is 23.7. The standard InChI is InChI=1S/C23H32N4O3/c28-22(27-13-11-25(12-14-27)19-3-1-2-4-19)16-24-7-9-26(10-8-24)20-5-6-21-18(15-20)17-30-23(21)29/h5-6,15,19H,1-4,7-14,16-17H2. The monoisotopic (exact) mass is 412 g/mol. The third-order valence-electron chi connectivity index (χ3n) is 7.27. The fourth-order valence-electron chi connectivity index (χ4n) is 5.38. The van der Waals surface area contributed by atoms with E-state index in [1.165, 1.54) is 25.7 Å². The summed E-state index contributed by atoms with van der Waals surface area (Å²) in [5.74, 6) is 0.0617. The lowest BCUT2D eigenvalue weighted by molar-refractivity contribution is -0.134. The Labute approximate surface area is 178 Å². The highest BCUT2D eigenvalue weighted by molar-refractivity contribution is 5.93. The van der Waals surface area contributed by atoms with Crippen LogP contribution in [0.1, 0.15) is 41.6 Å². The van der Waals surface area contributed by atoms with Crippen molar-refractivity contribution in [2.45, 2.75) is 38.3 Å². The molecule has 5 rings (SSSR count). The van der Waals surface area contributed by atoms with Gasteiger partial charge in [0.15, 0.2) is 0 Å². The minimum absolute atomic E-state index is 0.219. The lowest BCUT2D eigenvalue weighted by Crippen LogP contribution is -2.55. The Hall–Kier alpha value is -2.12. The van der Waals surface area contributed by atoms with Gasteiger partial charge in [0, 0.05) is 69.7 Å². The molecule has 0 bridgehead atoms. The van der Waals surface area contributed by atoms with Crippen molar-refractivity contribution in [2.75, 3.05) is 63.8 Å². The van der Waals surface area contributed by atoms with E-state index in [2.05, 4.69) is 25.7 Å². The van der Waals surface area contributed by atoms with Crippen LogP contribution < -0.4 is 4.90 Å². The Morgan fingerprint density at radius 1 is 0.967 bits per heavy atom. The van der Waals surface area contributed by atoms with Crippen LogP contribution in [0.2, 0.25) is 0 Å². The molecule has 0 radical (unpaired) electrons. The number of ether oxygens (including phenoxy) is 1. The van der Waals surface area contributed by atoms with Gasteiger partial charge in [0.1, 0.15) is 6.61 Å². The lowest BCUT2D eigenvalue weighted by atomic mass is 10.1. The number of cyclic esters (lactones) is 1. The Kier molecular flexibility index (Phi) is 5.65. The largest absolute Gasteiger partial charge is 0.457 e. The quantitative estimate of drug-likeness (QED) is 0.700. The van der Waals surface area contributed by atoms with Crippen molar-refractivity contribution in [3.63, 3.8) is 0 Å². The number of nitrogens with zero attached hydrogens (tertiary/aromatic N) is 4. The topological polar surface area (TPSA) is 56.3 Å². The van der Waals surface area contributed by atoms with Crippen LogP contribution in [0.5, 0.6) is 0 Å². The molecule has 1 aromatic carbocycles. The van der Waals surface area contributed by atoms with Crippen LogP contribution in [-0.4, -0.2) is 91.5 Å². The second-order valence-corrected chi connectivity index (χ2v) is 9.04. The summed E-state index contributed by atoms with van der Waals surface area (Å²) in [7, 11) is 0. The molecule has 1 aromatic rings. The molecule has 2 saturated heterocycles. The summed E-state index contributed by atoms with van der Waals surface area (Å²) < 4.78 is 5.11. The first-order chi connectivity index (χ1) is 14.7. The first kappa shape index (κ1) is 19.8. The van der Waals surface area contributed by atoms with Gasteiger partial charge in [-0.15, -0.1) is 0 Å². The molecule has 30 heavy (non-hydrogen) atoms. The number of hydrogen-bond acceptors (Lipinski definition) is 6. The first-order valence-electron chi connectivity index (χ1n) is 11.5. The summed E-state index contributed by atoms with van der Waals surface area (Å²) in [6, 6.07) is 6.72. The summed E-state index contributed by atoms with van der Waals surface area (Å²) in [4.78, 5) is 33.7. The average Bonchev–Trinajstić information content (AvgIpc) is 3.45. The number of esters is 1. The second-order valence-electron chi connectivity index (χ2n) is 9.04. The maximum absolute atomic E-state index is 12.8. The zero-order chi connectivity index (χ0) is 20.5. The molecule has 1 amide bonds. The Balaban J connectivity index is 1.08. The third kappa shape index (κ3) is 4.05. The van der Waals surface area contributed by atoms with Crippen molar-refractivity contribution in [3.05, 3.63) is 29.3 Å². The third-order valence-corrected chi connectivity index (χ3v) is 7.27. The maximum atomic E-state index is 12.8. The van der Waals surface area contributed by atoms with Gasteiger partial charge in [-0.25, -0.2) is 4.79 Å². The van der Waals surface area contributed by atoms with E-state index in [9.17, 15) is 9.59 Å². The second kappa shape index (κ2) is 8.55. The molecule has 0 atom stereocenters. The van der Waals surface area contributed by atoms with E-state index < -0.39 is 0 Å². The number of rotatable bonds is 4. The molecule has 0 aromatic heterocycles. The fraction of sp³-hybridized carbons (Fsp3) is 0.652. The fourth-order valence-corrected chi connectivity index (χ4v) is 5.38. The highest BCUT2D eigenvalue weighted by Crippen LogP contribution is 2.26. The maximum Gasteiger partial charge on any atom is 0.338 e. The van der Waals surface area contributed by atoms with E-state index in [0.29, 0.717) is 18.7 Å². The summed E-state index contributed by atoms with van der Waals surface area (Å²) in [6.45, 7) is 8.32. The van der Waals surface area contributed by atoms with Gasteiger partial charge in [-0.3, -0.25) is 14.6 Å². The Morgan fingerprint density at radius 2 is 1.70 bits per heavy atom. The lowest BCUT2D eigenvalue weighted by Gasteiger charge is -2.40. The summed E-state index contributed by atoms with van der Waals surface area (Å²) in [5.41, 5.74) is 2.81. The van der Waals surface area contributed by atoms with Crippen LogP contribution in [0.3, 0.4) is 0 Å². The molecule has 1 aliphatic carbocycles. The van der Waals surface area contributed by atoms with E-state index in [1.54, 1.807) is 0 Å². The molecule has 3 fully saturated rings. The summed E-state index contributed by atoms with van der Waals surface area (Å²) in [6.07, 6.45) is 5.41. The van der Waals surface area contributed by atoms with E-state index in [-0.39, 0.29) is 11.9 Å². The molecule has 3 heterocycles. The smallest absolute Gasteiger partial charge is 0.338 e. The highest BCUT2D eigenvalue weighted by atomic mass is 16.5. The van der Waals surface area contributed by atoms with Crippen molar-refractivity contribution in [2.24, 2.45) is 0 Å². The van der Waals surface area contributed by atoms with E-state index in [4.69, 9.17) is 4.74 Å². The SMILES string of the molecule is O=C1OCc2cc(N3CCN(CC(=O)N4CCN(C5CCCC5)CC4)CC3)ccc21. The molecule has 7 nitrogen and oxygen atoms in total. The molecule has 1 saturated carbocycles. The Morgan fingerprint density at radius 3 is 2.43 bits per heavy atom. The van der Waals surface area contributed by atoms with E-state index in [0.717, 1.165) is 69.7 Å². The molecule has 0 unspecified atom stereocenters. The van der Waals surface area contributed by atoms with Gasteiger partial charge in [-0.2, -0.15) is 0 Å². The number of carbonyl (C=O) groups is 2. The van der Waals surface area contributed by atoms with Crippen LogP contribution in [-0.2, 0) is 16.1 Å². The molecule has 0 N–H and O–H groups in total. The minimum Gasteiger partial charge on any atom is -0.457 e. The number of carbonyl (C=O) groups excluding carboxylic acids is 2. The molecule has 162 valence electrons. The number of hydrogen-bond donors (Lipinski definition) is 0. The van der Waals surface area contributed by atoms with Crippen molar-refractivity contribution >= 4 is 17.6 Å². The molecule has 4 aliphatic rings. The number of amides is 1. The first-order valence-corrected chi connectivity index (χ1v) is 11.5. The van der Waals surface area contributed by atoms with Crippen LogP contribution in [0.25, 0.3) is 0 Å². The molecule has 3 aliphatic heterocycles. The predicted octanol–water partition coefficient (Wildman–Crippen LogP) is 1.57. The number of fused-ring (bicyclic) bond motifs is 1. The van der Waals surface area contributed by atoms with Crippen molar-refractivity contribution in [1.29, 1.82) is 0 Å². The highest BCUT2D eigenvalue weighted by Gasteiger charge is 2.29. The minimum atomic E-state index is -0.219. The number of benzene rings is 1. The van der Waals surface area contributed by atoms with Crippen LogP contribution >= 0.6 is 0 Å². The van der Waals surface area contributed by atoms with Gasteiger partial charge >= 0.3 is 5.97 Å². The predicted molar refractivity (Wildman–Crippen MR) is 115 cm³/mol.